The van der Waals surface area contributed by atoms with Gasteiger partial charge in [0.25, 0.3) is 0 Å². The summed E-state index contributed by atoms with van der Waals surface area (Å²) >= 11 is 0. The van der Waals surface area contributed by atoms with Gasteiger partial charge in [-0.2, -0.15) is 0 Å². The Morgan fingerprint density at radius 1 is 0.846 bits per heavy atom. The minimum atomic E-state index is -0.680. The first kappa shape index (κ1) is 35.0. The molecular formula is C40H47N7O5. The quantitative estimate of drug-likeness (QED) is 0.156. The van der Waals surface area contributed by atoms with Crippen LogP contribution in [0.15, 0.2) is 60.8 Å². The van der Waals surface area contributed by atoms with Gasteiger partial charge in [0.2, 0.25) is 5.91 Å². The number of ether oxygens (including phenoxy) is 2. The maximum atomic E-state index is 13.6. The number of amides is 3. The summed E-state index contributed by atoms with van der Waals surface area (Å²) in [5, 5.41) is 4.91. The molecule has 2 fully saturated rings. The third-order valence-electron chi connectivity index (χ3n) is 10.0. The fourth-order valence-electron chi connectivity index (χ4n) is 7.40. The van der Waals surface area contributed by atoms with Gasteiger partial charge in [0.05, 0.1) is 42.1 Å². The van der Waals surface area contributed by atoms with E-state index in [1.165, 1.54) is 7.11 Å². The molecule has 2 aliphatic rings. The van der Waals surface area contributed by atoms with Gasteiger partial charge in [0.1, 0.15) is 23.3 Å². The molecule has 272 valence electrons. The summed E-state index contributed by atoms with van der Waals surface area (Å²) in [6.07, 6.45) is 4.30. The van der Waals surface area contributed by atoms with Crippen molar-refractivity contribution in [1.82, 2.24) is 35.1 Å². The largest absolute Gasteiger partial charge is 0.453 e. The molecule has 0 aliphatic carbocycles. The van der Waals surface area contributed by atoms with Crippen molar-refractivity contribution >= 4 is 39.9 Å². The molecular weight excluding hydrogens is 658 g/mol. The number of alkyl carbamates (subject to hydrolysis) is 1. The number of imidazole rings is 2. The summed E-state index contributed by atoms with van der Waals surface area (Å²) in [7, 11) is 1.30. The number of fused-ring (bicyclic) bond motifs is 2. The minimum absolute atomic E-state index is 0.0975. The summed E-state index contributed by atoms with van der Waals surface area (Å²) in [4.78, 5) is 58.6. The SMILES string of the molecule is COC(=O)N[C@H](C(=O)N1CCCC1c1ncc(-c2ccc3cc(-c4ccc5nc(C6CCCN6C(=O)OC(C)(C)C)[nH]c5c4)ccc3c2)[nH]1)C(C)C. The molecule has 4 heterocycles. The van der Waals surface area contributed by atoms with Crippen molar-refractivity contribution in [2.75, 3.05) is 20.2 Å². The highest BCUT2D eigenvalue weighted by Crippen LogP contribution is 2.36. The first-order valence-corrected chi connectivity index (χ1v) is 18.1. The predicted molar refractivity (Wildman–Crippen MR) is 199 cm³/mol. The van der Waals surface area contributed by atoms with E-state index in [1.807, 2.05) is 51.8 Å². The zero-order valence-corrected chi connectivity index (χ0v) is 30.7. The molecule has 2 aromatic heterocycles. The highest BCUT2D eigenvalue weighted by atomic mass is 16.6. The lowest BCUT2D eigenvalue weighted by Crippen LogP contribution is -2.51. The fourth-order valence-corrected chi connectivity index (χ4v) is 7.40. The first-order valence-electron chi connectivity index (χ1n) is 18.1. The number of hydrogen-bond acceptors (Lipinski definition) is 7. The minimum Gasteiger partial charge on any atom is -0.453 e. The van der Waals surface area contributed by atoms with Crippen molar-refractivity contribution in [3.05, 3.63) is 72.4 Å². The molecule has 0 spiro atoms. The molecule has 0 radical (unpaired) electrons. The molecule has 3 atom stereocenters. The van der Waals surface area contributed by atoms with Crippen LogP contribution in [0.4, 0.5) is 9.59 Å². The molecule has 3 aromatic carbocycles. The van der Waals surface area contributed by atoms with Crippen molar-refractivity contribution in [3.63, 3.8) is 0 Å². The normalized spacial score (nSPS) is 18.4. The molecule has 7 rings (SSSR count). The number of nitrogens with one attached hydrogen (secondary N) is 3. The van der Waals surface area contributed by atoms with Gasteiger partial charge in [0, 0.05) is 18.7 Å². The molecule has 0 bridgehead atoms. The molecule has 12 heteroatoms. The van der Waals surface area contributed by atoms with Gasteiger partial charge < -0.3 is 29.7 Å². The second-order valence-corrected chi connectivity index (χ2v) is 15.2. The molecule has 3 amide bonds. The molecule has 12 nitrogen and oxygen atoms in total. The van der Waals surface area contributed by atoms with Gasteiger partial charge >= 0.3 is 12.2 Å². The first-order chi connectivity index (χ1) is 24.9. The van der Waals surface area contributed by atoms with E-state index in [-0.39, 0.29) is 30.0 Å². The summed E-state index contributed by atoms with van der Waals surface area (Å²) in [6, 6.07) is 18.0. The number of H-pyrrole nitrogens is 2. The van der Waals surface area contributed by atoms with Crippen LogP contribution in [0.3, 0.4) is 0 Å². The Morgan fingerprint density at radius 3 is 2.17 bits per heavy atom. The fraction of sp³-hybridized carbons (Fsp3) is 0.425. The van der Waals surface area contributed by atoms with E-state index in [1.54, 1.807) is 4.90 Å². The number of aromatic nitrogens is 4. The van der Waals surface area contributed by atoms with Crippen molar-refractivity contribution < 1.29 is 23.9 Å². The van der Waals surface area contributed by atoms with Crippen LogP contribution in [0.2, 0.25) is 0 Å². The van der Waals surface area contributed by atoms with E-state index in [0.29, 0.717) is 13.1 Å². The summed E-state index contributed by atoms with van der Waals surface area (Å²) in [5.41, 5.74) is 5.27. The molecule has 52 heavy (non-hydrogen) atoms. The van der Waals surface area contributed by atoms with Crippen molar-refractivity contribution in [1.29, 1.82) is 0 Å². The van der Waals surface area contributed by atoms with E-state index >= 15 is 0 Å². The molecule has 2 unspecified atom stereocenters. The van der Waals surface area contributed by atoms with Crippen molar-refractivity contribution in [3.8, 4) is 22.4 Å². The number of carbonyl (C=O) groups is 3. The van der Waals surface area contributed by atoms with Crippen LogP contribution in [-0.4, -0.2) is 79.7 Å². The summed E-state index contributed by atoms with van der Waals surface area (Å²) in [6.45, 7) is 10.7. The van der Waals surface area contributed by atoms with Gasteiger partial charge in [-0.3, -0.25) is 9.69 Å². The number of methoxy groups -OCH3 is 1. The maximum Gasteiger partial charge on any atom is 0.410 e. The number of nitrogens with zero attached hydrogens (tertiary/aromatic N) is 4. The summed E-state index contributed by atoms with van der Waals surface area (Å²) < 4.78 is 10.4. The third-order valence-corrected chi connectivity index (χ3v) is 10.0. The average Bonchev–Trinajstić information content (AvgIpc) is 3.94. The predicted octanol–water partition coefficient (Wildman–Crippen LogP) is 7.89. The van der Waals surface area contributed by atoms with Gasteiger partial charge in [-0.25, -0.2) is 19.6 Å². The zero-order chi connectivity index (χ0) is 36.7. The van der Waals surface area contributed by atoms with Crippen LogP contribution in [0, 0.1) is 5.92 Å². The van der Waals surface area contributed by atoms with Crippen molar-refractivity contribution in [2.45, 2.75) is 84.0 Å². The molecule has 2 aliphatic heterocycles. The standard InChI is InChI=1S/C40H47N7O5/c1-23(2)34(45-38(49)51-6)37(48)46-17-7-9-32(46)35-41-22-31(44-35)28-14-13-24-19-25(11-12-26(24)20-28)27-15-16-29-30(21-27)43-36(42-29)33-10-8-18-47(33)39(50)52-40(3,4)5/h11-16,19-23,32-34H,7-10,17-18H2,1-6H3,(H,41,44)(H,42,43)(H,45,49)/t32?,33?,34-/m0/s1. The number of hydrogen-bond donors (Lipinski definition) is 3. The zero-order valence-electron chi connectivity index (χ0n) is 30.7. The second kappa shape index (κ2) is 14.0. The van der Waals surface area contributed by atoms with Gasteiger partial charge in [-0.1, -0.05) is 44.2 Å². The molecule has 3 N–H and O–H groups in total. The Balaban J connectivity index is 1.08. The topological polar surface area (TPSA) is 146 Å². The van der Waals surface area contributed by atoms with Crippen LogP contribution in [0.1, 0.15) is 84.0 Å². The lowest BCUT2D eigenvalue weighted by molar-refractivity contribution is -0.135. The van der Waals surface area contributed by atoms with E-state index < -0.39 is 17.7 Å². The van der Waals surface area contributed by atoms with Crippen LogP contribution in [0.5, 0.6) is 0 Å². The Labute approximate surface area is 303 Å². The Morgan fingerprint density at radius 2 is 1.48 bits per heavy atom. The number of aromatic amines is 2. The Hall–Kier alpha value is -5.39. The number of rotatable bonds is 7. The van der Waals surface area contributed by atoms with Crippen LogP contribution in [-0.2, 0) is 14.3 Å². The van der Waals surface area contributed by atoms with Gasteiger partial charge in [-0.05, 0) is 98.5 Å². The Kier molecular flexibility index (Phi) is 9.41. The lowest BCUT2D eigenvalue weighted by atomic mass is 9.99. The second-order valence-electron chi connectivity index (χ2n) is 15.2. The molecule has 0 saturated carbocycles. The number of benzene rings is 3. The highest BCUT2D eigenvalue weighted by Gasteiger charge is 2.38. The Bertz CT molecular complexity index is 2130. The molecule has 5 aromatic rings. The van der Waals surface area contributed by atoms with Crippen LogP contribution in [0.25, 0.3) is 44.2 Å². The van der Waals surface area contributed by atoms with Gasteiger partial charge in [0.15, 0.2) is 0 Å². The monoisotopic (exact) mass is 705 g/mol. The average molecular weight is 706 g/mol. The van der Waals surface area contributed by atoms with E-state index in [9.17, 15) is 14.4 Å². The molecule has 2 saturated heterocycles. The van der Waals surface area contributed by atoms with E-state index in [0.717, 1.165) is 81.5 Å². The van der Waals surface area contributed by atoms with Crippen LogP contribution < -0.4 is 5.32 Å². The summed E-state index contributed by atoms with van der Waals surface area (Å²) in [5.74, 6) is 1.29. The van der Waals surface area contributed by atoms with Gasteiger partial charge in [-0.15, -0.1) is 0 Å². The third kappa shape index (κ3) is 7.06. The van der Waals surface area contributed by atoms with E-state index in [4.69, 9.17) is 19.4 Å². The lowest BCUT2D eigenvalue weighted by Gasteiger charge is -2.30. The smallest absolute Gasteiger partial charge is 0.410 e. The number of carbonyl (C=O) groups excluding carboxylic acids is 3. The highest BCUT2D eigenvalue weighted by molar-refractivity contribution is 5.92. The van der Waals surface area contributed by atoms with E-state index in [2.05, 4.69) is 63.8 Å². The number of likely N-dealkylation sites (tertiary alicyclic amines) is 2. The van der Waals surface area contributed by atoms with Crippen molar-refractivity contribution in [2.24, 2.45) is 5.92 Å². The maximum absolute atomic E-state index is 13.6. The van der Waals surface area contributed by atoms with Crippen LogP contribution >= 0.6 is 0 Å².